The lowest BCUT2D eigenvalue weighted by atomic mass is 10.2. The topological polar surface area (TPSA) is 12.0 Å². The molecule has 0 aliphatic heterocycles. The lowest BCUT2D eigenvalue weighted by molar-refractivity contribution is 0.555. The van der Waals surface area contributed by atoms with Crippen molar-refractivity contribution in [2.75, 3.05) is 5.32 Å². The Morgan fingerprint density at radius 2 is 1.94 bits per heavy atom. The monoisotopic (exact) mass is 311 g/mol. The zero-order chi connectivity index (χ0) is 13.1. The van der Waals surface area contributed by atoms with Gasteiger partial charge in [-0.15, -0.1) is 0 Å². The Labute approximate surface area is 113 Å². The molecule has 0 unspecified atom stereocenters. The van der Waals surface area contributed by atoms with Gasteiger partial charge in [0.05, 0.1) is 4.47 Å². The molecule has 2 rings (SSSR count). The average Bonchev–Trinajstić information content (AvgIpc) is 2.34. The molecule has 0 spiro atoms. The molecule has 0 heterocycles. The first-order chi connectivity index (χ1) is 8.58. The first-order valence-electron chi connectivity index (χ1n) is 5.51. The Balaban J connectivity index is 2.18. The normalized spacial score (nSPS) is 10.4. The molecule has 0 saturated carbocycles. The van der Waals surface area contributed by atoms with Gasteiger partial charge in [-0.1, -0.05) is 12.1 Å². The first-order valence-corrected chi connectivity index (χ1v) is 6.30. The Hall–Kier alpha value is -1.42. The van der Waals surface area contributed by atoms with E-state index in [9.17, 15) is 8.78 Å². The van der Waals surface area contributed by atoms with Crippen molar-refractivity contribution in [3.8, 4) is 0 Å². The average molecular weight is 312 g/mol. The van der Waals surface area contributed by atoms with E-state index in [1.54, 1.807) is 0 Å². The summed E-state index contributed by atoms with van der Waals surface area (Å²) < 4.78 is 27.5. The van der Waals surface area contributed by atoms with E-state index < -0.39 is 11.6 Å². The second-order valence-electron chi connectivity index (χ2n) is 4.04. The Kier molecular flexibility index (Phi) is 3.97. The molecule has 0 aliphatic carbocycles. The van der Waals surface area contributed by atoms with Crippen LogP contribution in [0.3, 0.4) is 0 Å². The van der Waals surface area contributed by atoms with Crippen molar-refractivity contribution in [2.45, 2.75) is 13.5 Å². The van der Waals surface area contributed by atoms with E-state index in [1.807, 2.05) is 31.2 Å². The number of benzene rings is 2. The van der Waals surface area contributed by atoms with Crippen LogP contribution in [0.2, 0.25) is 0 Å². The van der Waals surface area contributed by atoms with Crippen molar-refractivity contribution in [1.82, 2.24) is 0 Å². The minimum Gasteiger partial charge on any atom is -0.381 e. The molecule has 94 valence electrons. The lowest BCUT2D eigenvalue weighted by Crippen LogP contribution is -2.05. The molecule has 18 heavy (non-hydrogen) atoms. The standard InChI is InChI=1S/C14H12BrF2N/c1-9-3-2-4-10(7-9)18-8-11-13(16)6-5-12(15)14(11)17/h2-7,18H,8H2,1H3. The minimum absolute atomic E-state index is 0.0332. The van der Waals surface area contributed by atoms with Crippen LogP contribution in [0.1, 0.15) is 11.1 Å². The van der Waals surface area contributed by atoms with E-state index in [0.717, 1.165) is 11.3 Å². The van der Waals surface area contributed by atoms with Gasteiger partial charge in [0.2, 0.25) is 0 Å². The number of aryl methyl sites for hydroxylation is 1. The zero-order valence-electron chi connectivity index (χ0n) is 9.81. The molecular weight excluding hydrogens is 300 g/mol. The number of anilines is 1. The molecule has 2 aromatic rings. The molecule has 2 aromatic carbocycles. The van der Waals surface area contributed by atoms with Crippen molar-refractivity contribution in [3.63, 3.8) is 0 Å². The maximum absolute atomic E-state index is 13.7. The van der Waals surface area contributed by atoms with Gasteiger partial charge in [0.1, 0.15) is 11.6 Å². The van der Waals surface area contributed by atoms with Gasteiger partial charge in [-0.05, 0) is 52.7 Å². The van der Waals surface area contributed by atoms with Crippen molar-refractivity contribution in [3.05, 3.63) is 63.6 Å². The minimum atomic E-state index is -0.560. The van der Waals surface area contributed by atoms with Crippen LogP contribution < -0.4 is 5.32 Å². The molecule has 0 aromatic heterocycles. The first kappa shape index (κ1) is 13.0. The summed E-state index contributed by atoms with van der Waals surface area (Å²) in [5, 5.41) is 3.01. The third-order valence-electron chi connectivity index (χ3n) is 2.63. The lowest BCUT2D eigenvalue weighted by Gasteiger charge is -2.10. The summed E-state index contributed by atoms with van der Waals surface area (Å²) in [5.41, 5.74) is 1.97. The number of halogens is 3. The molecule has 0 atom stereocenters. The number of rotatable bonds is 3. The van der Waals surface area contributed by atoms with Crippen LogP contribution in [-0.2, 0) is 6.54 Å². The highest BCUT2D eigenvalue weighted by Gasteiger charge is 2.11. The molecule has 0 bridgehead atoms. The fraction of sp³-hybridized carbons (Fsp3) is 0.143. The van der Waals surface area contributed by atoms with Gasteiger partial charge in [0, 0.05) is 17.8 Å². The molecule has 0 fully saturated rings. The van der Waals surface area contributed by atoms with Crippen molar-refractivity contribution in [2.24, 2.45) is 0 Å². The van der Waals surface area contributed by atoms with E-state index in [1.165, 1.54) is 12.1 Å². The summed E-state index contributed by atoms with van der Waals surface area (Å²) in [6.45, 7) is 2.08. The largest absolute Gasteiger partial charge is 0.381 e. The fourth-order valence-electron chi connectivity index (χ4n) is 1.68. The van der Waals surface area contributed by atoms with E-state index in [0.29, 0.717) is 0 Å². The fourth-order valence-corrected chi connectivity index (χ4v) is 2.05. The smallest absolute Gasteiger partial charge is 0.145 e. The number of hydrogen-bond acceptors (Lipinski definition) is 1. The second kappa shape index (κ2) is 5.48. The van der Waals surface area contributed by atoms with Crippen molar-refractivity contribution in [1.29, 1.82) is 0 Å². The van der Waals surface area contributed by atoms with Gasteiger partial charge in [0.15, 0.2) is 0 Å². The van der Waals surface area contributed by atoms with Crippen molar-refractivity contribution >= 4 is 21.6 Å². The Morgan fingerprint density at radius 3 is 2.67 bits per heavy atom. The maximum Gasteiger partial charge on any atom is 0.145 e. The van der Waals surface area contributed by atoms with Gasteiger partial charge in [-0.3, -0.25) is 0 Å². The highest BCUT2D eigenvalue weighted by Crippen LogP contribution is 2.22. The van der Waals surface area contributed by atoms with Crippen LogP contribution >= 0.6 is 15.9 Å². The third-order valence-corrected chi connectivity index (χ3v) is 3.24. The highest BCUT2D eigenvalue weighted by atomic mass is 79.9. The van der Waals surface area contributed by atoms with E-state index in [2.05, 4.69) is 21.2 Å². The van der Waals surface area contributed by atoms with Gasteiger partial charge in [0.25, 0.3) is 0 Å². The predicted molar refractivity (Wildman–Crippen MR) is 72.6 cm³/mol. The molecule has 4 heteroatoms. The molecule has 0 amide bonds. The maximum atomic E-state index is 13.7. The van der Waals surface area contributed by atoms with Crippen molar-refractivity contribution < 1.29 is 8.78 Å². The van der Waals surface area contributed by atoms with Gasteiger partial charge >= 0.3 is 0 Å². The molecule has 1 nitrogen and oxygen atoms in total. The number of hydrogen-bond donors (Lipinski definition) is 1. The Bertz CT molecular complexity index is 570. The summed E-state index contributed by atoms with van der Waals surface area (Å²) >= 11 is 3.05. The summed E-state index contributed by atoms with van der Waals surface area (Å²) in [7, 11) is 0. The molecular formula is C14H12BrF2N. The molecule has 1 N–H and O–H groups in total. The Morgan fingerprint density at radius 1 is 1.17 bits per heavy atom. The molecule has 0 saturated heterocycles. The summed E-state index contributed by atoms with van der Waals surface area (Å²) in [6.07, 6.45) is 0. The van der Waals surface area contributed by atoms with E-state index in [4.69, 9.17) is 0 Å². The van der Waals surface area contributed by atoms with Crippen LogP contribution in [0.15, 0.2) is 40.9 Å². The quantitative estimate of drug-likeness (QED) is 0.814. The highest BCUT2D eigenvalue weighted by molar-refractivity contribution is 9.10. The van der Waals surface area contributed by atoms with Crippen LogP contribution in [0.5, 0.6) is 0 Å². The molecule has 0 aliphatic rings. The van der Waals surface area contributed by atoms with Gasteiger partial charge in [-0.2, -0.15) is 0 Å². The van der Waals surface area contributed by atoms with Crippen LogP contribution in [0.4, 0.5) is 14.5 Å². The van der Waals surface area contributed by atoms with E-state index in [-0.39, 0.29) is 16.6 Å². The summed E-state index contributed by atoms with van der Waals surface area (Å²) in [6, 6.07) is 10.3. The van der Waals surface area contributed by atoms with Crippen LogP contribution in [-0.4, -0.2) is 0 Å². The summed E-state index contributed by atoms with van der Waals surface area (Å²) in [5.74, 6) is -1.11. The van der Waals surface area contributed by atoms with Gasteiger partial charge < -0.3 is 5.32 Å². The second-order valence-corrected chi connectivity index (χ2v) is 4.90. The van der Waals surface area contributed by atoms with Crippen LogP contribution in [0, 0.1) is 18.6 Å². The molecule has 0 radical (unpaired) electrons. The SMILES string of the molecule is Cc1cccc(NCc2c(F)ccc(Br)c2F)c1. The van der Waals surface area contributed by atoms with Crippen LogP contribution in [0.25, 0.3) is 0 Å². The van der Waals surface area contributed by atoms with E-state index >= 15 is 0 Å². The zero-order valence-corrected chi connectivity index (χ0v) is 11.4. The predicted octanol–water partition coefficient (Wildman–Crippen LogP) is 4.65. The third kappa shape index (κ3) is 2.88. The summed E-state index contributed by atoms with van der Waals surface area (Å²) in [4.78, 5) is 0. The van der Waals surface area contributed by atoms with Gasteiger partial charge in [-0.25, -0.2) is 8.78 Å². The number of nitrogens with one attached hydrogen (secondary N) is 1.